The van der Waals surface area contributed by atoms with E-state index in [1.54, 1.807) is 31.4 Å². The average Bonchev–Trinajstić information content (AvgIpc) is 2.68. The molecule has 0 spiro atoms. The van der Waals surface area contributed by atoms with Gasteiger partial charge in [-0.15, -0.1) is 12.4 Å². The summed E-state index contributed by atoms with van der Waals surface area (Å²) in [5.41, 5.74) is 8.79. The molecule has 3 rings (SSSR count). The second kappa shape index (κ2) is 10.5. The molecule has 1 fully saturated rings. The number of methoxy groups -OCH3 is 1. The minimum Gasteiger partial charge on any atom is -0.497 e. The maximum absolute atomic E-state index is 12.5. The number of anilines is 1. The van der Waals surface area contributed by atoms with Gasteiger partial charge in [0.2, 0.25) is 0 Å². The quantitative estimate of drug-likeness (QED) is 0.762. The Kier molecular flexibility index (Phi) is 8.30. The molecule has 2 atom stereocenters. The van der Waals surface area contributed by atoms with Crippen molar-refractivity contribution in [3.63, 3.8) is 0 Å². The topological polar surface area (TPSA) is 67.6 Å². The van der Waals surface area contributed by atoms with E-state index >= 15 is 0 Å². The standard InChI is InChI=1S/C22H29N3O2.ClH/c1-16(23)21-8-3-4-13-25(21)15-17-6-5-7-19(14-17)24-22(26)18-9-11-20(27-2)12-10-18;/h5-7,9-12,14,16,21H,3-4,8,13,15,23H2,1-2H3,(H,24,26);1H. The van der Waals surface area contributed by atoms with Gasteiger partial charge in [-0.3, -0.25) is 9.69 Å². The van der Waals surface area contributed by atoms with Crippen molar-refractivity contribution in [2.24, 2.45) is 5.73 Å². The van der Waals surface area contributed by atoms with E-state index in [0.717, 1.165) is 30.9 Å². The fraction of sp³-hybridized carbons (Fsp3) is 0.409. The number of carbonyl (C=O) groups excluding carboxylic acids is 1. The summed E-state index contributed by atoms with van der Waals surface area (Å²) >= 11 is 0. The van der Waals surface area contributed by atoms with Crippen molar-refractivity contribution >= 4 is 24.0 Å². The molecule has 2 aromatic rings. The summed E-state index contributed by atoms with van der Waals surface area (Å²) in [6, 6.07) is 15.8. The largest absolute Gasteiger partial charge is 0.497 e. The Hall–Kier alpha value is -2.08. The van der Waals surface area contributed by atoms with Crippen LogP contribution in [0.1, 0.15) is 42.1 Å². The summed E-state index contributed by atoms with van der Waals surface area (Å²) in [6.45, 7) is 4.03. The third-order valence-corrected chi connectivity index (χ3v) is 5.19. The van der Waals surface area contributed by atoms with Gasteiger partial charge >= 0.3 is 0 Å². The Labute approximate surface area is 173 Å². The van der Waals surface area contributed by atoms with Gasteiger partial charge in [0.15, 0.2) is 0 Å². The number of amides is 1. The number of nitrogens with one attached hydrogen (secondary N) is 1. The number of nitrogens with zero attached hydrogens (tertiary/aromatic N) is 1. The minimum absolute atomic E-state index is 0. The first kappa shape index (κ1) is 22.2. The fourth-order valence-electron chi connectivity index (χ4n) is 3.74. The Balaban J connectivity index is 0.00000280. The third kappa shape index (κ3) is 5.71. The van der Waals surface area contributed by atoms with Crippen molar-refractivity contribution in [2.75, 3.05) is 19.0 Å². The van der Waals surface area contributed by atoms with E-state index in [-0.39, 0.29) is 24.4 Å². The molecule has 6 heteroatoms. The lowest BCUT2D eigenvalue weighted by Gasteiger charge is -2.38. The minimum atomic E-state index is -0.124. The molecule has 0 radical (unpaired) electrons. The number of halogens is 1. The fourth-order valence-corrected chi connectivity index (χ4v) is 3.74. The summed E-state index contributed by atoms with van der Waals surface area (Å²) in [5, 5.41) is 2.98. The number of hydrogen-bond acceptors (Lipinski definition) is 4. The number of piperidine rings is 1. The number of hydrogen-bond donors (Lipinski definition) is 2. The smallest absolute Gasteiger partial charge is 0.255 e. The van der Waals surface area contributed by atoms with Gasteiger partial charge in [-0.05, 0) is 68.3 Å². The van der Waals surface area contributed by atoms with E-state index in [9.17, 15) is 4.79 Å². The molecule has 1 aliphatic rings. The van der Waals surface area contributed by atoms with Crippen LogP contribution in [-0.4, -0.2) is 36.5 Å². The first-order valence-corrected chi connectivity index (χ1v) is 9.61. The van der Waals surface area contributed by atoms with Crippen molar-refractivity contribution in [3.8, 4) is 5.75 Å². The maximum atomic E-state index is 12.5. The molecule has 0 aromatic heterocycles. The molecule has 1 saturated heterocycles. The number of ether oxygens (including phenoxy) is 1. The molecule has 1 heterocycles. The molecule has 2 aromatic carbocycles. The SMILES string of the molecule is COc1ccc(C(=O)Nc2cccc(CN3CCCCC3C(C)N)c2)cc1.Cl. The van der Waals surface area contributed by atoms with Gasteiger partial charge in [-0.2, -0.15) is 0 Å². The number of carbonyl (C=O) groups is 1. The number of benzene rings is 2. The van der Waals surface area contributed by atoms with Crippen molar-refractivity contribution in [1.82, 2.24) is 4.90 Å². The normalized spacial score (nSPS) is 18.0. The lowest BCUT2D eigenvalue weighted by molar-refractivity contribution is 0.102. The average molecular weight is 404 g/mol. The molecular formula is C22H30ClN3O2. The molecule has 28 heavy (non-hydrogen) atoms. The van der Waals surface area contributed by atoms with Crippen LogP contribution in [0.5, 0.6) is 5.75 Å². The maximum Gasteiger partial charge on any atom is 0.255 e. The van der Waals surface area contributed by atoms with E-state index in [1.165, 1.54) is 18.4 Å². The van der Waals surface area contributed by atoms with Crippen molar-refractivity contribution in [1.29, 1.82) is 0 Å². The predicted molar refractivity (Wildman–Crippen MR) is 116 cm³/mol. The summed E-state index contributed by atoms with van der Waals surface area (Å²) in [6.07, 6.45) is 3.63. The highest BCUT2D eigenvalue weighted by molar-refractivity contribution is 6.04. The monoisotopic (exact) mass is 403 g/mol. The summed E-state index contributed by atoms with van der Waals surface area (Å²) in [4.78, 5) is 14.9. The first-order valence-electron chi connectivity index (χ1n) is 9.61. The molecule has 0 aliphatic carbocycles. The first-order chi connectivity index (χ1) is 13.1. The van der Waals surface area contributed by atoms with Gasteiger partial charge in [0.05, 0.1) is 7.11 Å². The van der Waals surface area contributed by atoms with Gasteiger partial charge < -0.3 is 15.8 Å². The Morgan fingerprint density at radius 1 is 1.25 bits per heavy atom. The lowest BCUT2D eigenvalue weighted by Crippen LogP contribution is -2.48. The Morgan fingerprint density at radius 3 is 2.68 bits per heavy atom. The van der Waals surface area contributed by atoms with E-state index in [4.69, 9.17) is 10.5 Å². The van der Waals surface area contributed by atoms with Crippen molar-refractivity contribution in [2.45, 2.75) is 44.8 Å². The molecule has 5 nitrogen and oxygen atoms in total. The summed E-state index contributed by atoms with van der Waals surface area (Å²) in [5.74, 6) is 0.611. The molecular weight excluding hydrogens is 374 g/mol. The second-order valence-electron chi connectivity index (χ2n) is 7.28. The van der Waals surface area contributed by atoms with Crippen LogP contribution in [0.25, 0.3) is 0 Å². The van der Waals surface area contributed by atoms with Gasteiger partial charge in [0, 0.05) is 29.9 Å². The van der Waals surface area contributed by atoms with Gasteiger partial charge in [0.25, 0.3) is 5.91 Å². The van der Waals surface area contributed by atoms with Crippen LogP contribution in [0, 0.1) is 0 Å². The van der Waals surface area contributed by atoms with Crippen LogP contribution >= 0.6 is 12.4 Å². The highest BCUT2D eigenvalue weighted by Crippen LogP contribution is 2.23. The van der Waals surface area contributed by atoms with E-state index in [1.807, 2.05) is 18.2 Å². The molecule has 0 bridgehead atoms. The second-order valence-corrected chi connectivity index (χ2v) is 7.28. The van der Waals surface area contributed by atoms with E-state index < -0.39 is 0 Å². The van der Waals surface area contributed by atoms with Crippen LogP contribution in [0.3, 0.4) is 0 Å². The van der Waals surface area contributed by atoms with Crippen LogP contribution in [0.2, 0.25) is 0 Å². The molecule has 0 saturated carbocycles. The Morgan fingerprint density at radius 2 is 2.00 bits per heavy atom. The van der Waals surface area contributed by atoms with E-state index in [2.05, 4.69) is 23.2 Å². The third-order valence-electron chi connectivity index (χ3n) is 5.19. The molecule has 152 valence electrons. The van der Waals surface area contributed by atoms with E-state index in [0.29, 0.717) is 11.6 Å². The highest BCUT2D eigenvalue weighted by Gasteiger charge is 2.25. The number of rotatable bonds is 6. The van der Waals surface area contributed by atoms with Crippen LogP contribution in [0.15, 0.2) is 48.5 Å². The zero-order valence-corrected chi connectivity index (χ0v) is 17.4. The van der Waals surface area contributed by atoms with Crippen molar-refractivity contribution in [3.05, 3.63) is 59.7 Å². The predicted octanol–water partition coefficient (Wildman–Crippen LogP) is 4.07. The summed E-state index contributed by atoms with van der Waals surface area (Å²) in [7, 11) is 1.61. The highest BCUT2D eigenvalue weighted by atomic mass is 35.5. The van der Waals surface area contributed by atoms with Gasteiger partial charge in [-0.25, -0.2) is 0 Å². The van der Waals surface area contributed by atoms with Gasteiger partial charge in [0.1, 0.15) is 5.75 Å². The number of nitrogens with two attached hydrogens (primary N) is 1. The van der Waals surface area contributed by atoms with Crippen LogP contribution in [0.4, 0.5) is 5.69 Å². The molecule has 1 aliphatic heterocycles. The zero-order valence-electron chi connectivity index (χ0n) is 16.6. The number of likely N-dealkylation sites (tertiary alicyclic amines) is 1. The van der Waals surface area contributed by atoms with Gasteiger partial charge in [-0.1, -0.05) is 18.6 Å². The molecule has 3 N–H and O–H groups in total. The van der Waals surface area contributed by atoms with Crippen LogP contribution < -0.4 is 15.8 Å². The lowest BCUT2D eigenvalue weighted by atomic mass is 9.96. The molecule has 1 amide bonds. The summed E-state index contributed by atoms with van der Waals surface area (Å²) < 4.78 is 5.14. The molecule has 2 unspecified atom stereocenters. The van der Waals surface area contributed by atoms with Crippen LogP contribution in [-0.2, 0) is 6.54 Å². The van der Waals surface area contributed by atoms with Crippen molar-refractivity contribution < 1.29 is 9.53 Å². The zero-order chi connectivity index (χ0) is 19.2. The Bertz CT molecular complexity index is 765.